The summed E-state index contributed by atoms with van der Waals surface area (Å²) in [6, 6.07) is 5.28. The number of benzene rings is 1. The predicted molar refractivity (Wildman–Crippen MR) is 73.1 cm³/mol. The van der Waals surface area contributed by atoms with Gasteiger partial charge in [-0.2, -0.15) is 0 Å². The smallest absolute Gasteiger partial charge is 0.259 e. The lowest BCUT2D eigenvalue weighted by molar-refractivity contribution is -0.138. The van der Waals surface area contributed by atoms with Crippen LogP contribution in [0.15, 0.2) is 18.2 Å². The zero-order valence-electron chi connectivity index (χ0n) is 11.2. The van der Waals surface area contributed by atoms with Gasteiger partial charge in [0.1, 0.15) is 13.2 Å². The van der Waals surface area contributed by atoms with Crippen molar-refractivity contribution in [2.75, 3.05) is 24.7 Å². The number of rotatable bonds is 2. The third-order valence-corrected chi connectivity index (χ3v) is 2.86. The minimum Gasteiger partial charge on any atom is -0.395 e. The summed E-state index contributed by atoms with van der Waals surface area (Å²) in [6.07, 6.45) is 0.418. The minimum atomic E-state index is -0.358. The summed E-state index contributed by atoms with van der Waals surface area (Å²) in [4.78, 5) is 24.7. The molecule has 104 valence electrons. The highest BCUT2D eigenvalue weighted by molar-refractivity contribution is 6.17. The van der Waals surface area contributed by atoms with Crippen molar-refractivity contribution in [3.63, 3.8) is 0 Å². The average molecular weight is 273 g/mol. The fourth-order valence-electron chi connectivity index (χ4n) is 1.97. The molecule has 0 aliphatic carbocycles. The van der Waals surface area contributed by atoms with Crippen LogP contribution in [0.4, 0.5) is 5.69 Å². The van der Waals surface area contributed by atoms with Gasteiger partial charge in [0.15, 0.2) is 0 Å². The van der Waals surface area contributed by atoms with E-state index < -0.39 is 0 Å². The molecule has 0 spiro atoms. The Hall–Kier alpha value is -2.16. The summed E-state index contributed by atoms with van der Waals surface area (Å²) in [5.41, 5.74) is 2.15. The fourth-order valence-corrected chi connectivity index (χ4v) is 1.97. The standard InChI is InChI=1S/C15H15NO4/c1-11-8-12(4-2-3-7-17)5-6-13(11)16-14(18)9-20-10-15(16)19/h5-6,8,17H,3,7,9-10H2,1H3. The SMILES string of the molecule is Cc1cc(C#CCCO)ccc1N1C(=O)COCC1=O. The molecule has 2 amide bonds. The number of aliphatic hydroxyl groups is 1. The number of aryl methyl sites for hydroxylation is 1. The van der Waals surface area contributed by atoms with E-state index in [-0.39, 0.29) is 31.6 Å². The van der Waals surface area contributed by atoms with Crippen LogP contribution in [0, 0.1) is 18.8 Å². The molecule has 20 heavy (non-hydrogen) atoms. The zero-order chi connectivity index (χ0) is 14.5. The van der Waals surface area contributed by atoms with Crippen molar-refractivity contribution in [2.45, 2.75) is 13.3 Å². The van der Waals surface area contributed by atoms with Gasteiger partial charge in [-0.05, 0) is 30.7 Å². The molecule has 1 aliphatic rings. The maximum Gasteiger partial charge on any atom is 0.259 e. The topological polar surface area (TPSA) is 66.8 Å². The van der Waals surface area contributed by atoms with Crippen LogP contribution < -0.4 is 4.90 Å². The second-order valence-corrected chi connectivity index (χ2v) is 4.39. The molecule has 0 aromatic heterocycles. The molecular formula is C15H15NO4. The lowest BCUT2D eigenvalue weighted by Gasteiger charge is -2.26. The van der Waals surface area contributed by atoms with E-state index in [0.717, 1.165) is 16.0 Å². The monoisotopic (exact) mass is 273 g/mol. The van der Waals surface area contributed by atoms with Gasteiger partial charge in [0.25, 0.3) is 11.8 Å². The molecule has 1 saturated heterocycles. The lowest BCUT2D eigenvalue weighted by Crippen LogP contribution is -2.46. The quantitative estimate of drug-likeness (QED) is 0.633. The number of ether oxygens (including phenoxy) is 1. The molecule has 0 unspecified atom stereocenters. The molecule has 1 aromatic rings. The van der Waals surface area contributed by atoms with E-state index in [4.69, 9.17) is 9.84 Å². The molecule has 1 aromatic carbocycles. The molecule has 0 radical (unpaired) electrons. The Labute approximate surface area is 117 Å². The van der Waals surface area contributed by atoms with Crippen LogP contribution in [0.25, 0.3) is 0 Å². The summed E-state index contributed by atoms with van der Waals surface area (Å²) in [5, 5.41) is 8.68. The molecule has 1 N–H and O–H groups in total. The van der Waals surface area contributed by atoms with Crippen LogP contribution in [-0.2, 0) is 14.3 Å². The number of morpholine rings is 1. The van der Waals surface area contributed by atoms with Crippen LogP contribution in [-0.4, -0.2) is 36.7 Å². The second-order valence-electron chi connectivity index (χ2n) is 4.39. The molecule has 1 aliphatic heterocycles. The first-order valence-electron chi connectivity index (χ1n) is 6.27. The Balaban J connectivity index is 2.28. The van der Waals surface area contributed by atoms with Gasteiger partial charge in [0.2, 0.25) is 0 Å². The molecule has 2 rings (SSSR count). The number of carbonyl (C=O) groups is 2. The first-order valence-corrected chi connectivity index (χ1v) is 6.27. The van der Waals surface area contributed by atoms with Gasteiger partial charge < -0.3 is 9.84 Å². The van der Waals surface area contributed by atoms with Crippen LogP contribution in [0.1, 0.15) is 17.5 Å². The van der Waals surface area contributed by atoms with Gasteiger partial charge in [0, 0.05) is 12.0 Å². The van der Waals surface area contributed by atoms with Gasteiger partial charge >= 0.3 is 0 Å². The number of amides is 2. The predicted octanol–water partition coefficient (Wildman–Crippen LogP) is 0.619. The average Bonchev–Trinajstić information content (AvgIpc) is 2.41. The number of aliphatic hydroxyl groups excluding tert-OH is 1. The fraction of sp³-hybridized carbons (Fsp3) is 0.333. The van der Waals surface area contributed by atoms with Crippen LogP contribution in [0.5, 0.6) is 0 Å². The van der Waals surface area contributed by atoms with Crippen molar-refractivity contribution in [1.29, 1.82) is 0 Å². The van der Waals surface area contributed by atoms with E-state index in [9.17, 15) is 9.59 Å². The third kappa shape index (κ3) is 3.05. The molecule has 5 nitrogen and oxygen atoms in total. The molecule has 0 saturated carbocycles. The van der Waals surface area contributed by atoms with E-state index in [1.165, 1.54) is 0 Å². The Morgan fingerprint density at radius 2 is 2.00 bits per heavy atom. The summed E-state index contributed by atoms with van der Waals surface area (Å²) in [7, 11) is 0. The van der Waals surface area contributed by atoms with Crippen molar-refractivity contribution >= 4 is 17.5 Å². The Bertz CT molecular complexity index is 582. The first-order chi connectivity index (χ1) is 9.63. The Morgan fingerprint density at radius 1 is 1.30 bits per heavy atom. The Kier molecular flexibility index (Phi) is 4.51. The van der Waals surface area contributed by atoms with Gasteiger partial charge in [-0.15, -0.1) is 0 Å². The minimum absolute atomic E-state index is 0.0286. The Morgan fingerprint density at radius 3 is 2.60 bits per heavy atom. The van der Waals surface area contributed by atoms with E-state index in [1.807, 2.05) is 13.0 Å². The van der Waals surface area contributed by atoms with Crippen LogP contribution in [0.3, 0.4) is 0 Å². The van der Waals surface area contributed by atoms with E-state index in [2.05, 4.69) is 11.8 Å². The maximum absolute atomic E-state index is 11.8. The van der Waals surface area contributed by atoms with E-state index in [1.54, 1.807) is 12.1 Å². The first kappa shape index (κ1) is 14.3. The molecule has 0 bridgehead atoms. The van der Waals surface area contributed by atoms with Crippen molar-refractivity contribution in [2.24, 2.45) is 0 Å². The summed E-state index contributed by atoms with van der Waals surface area (Å²) >= 11 is 0. The van der Waals surface area contributed by atoms with Gasteiger partial charge in [-0.1, -0.05) is 11.8 Å². The number of nitrogens with zero attached hydrogens (tertiary/aromatic N) is 1. The molecular weight excluding hydrogens is 258 g/mol. The molecule has 0 atom stereocenters. The van der Waals surface area contributed by atoms with Crippen molar-refractivity contribution in [1.82, 2.24) is 0 Å². The molecule has 1 fully saturated rings. The number of carbonyl (C=O) groups excluding carboxylic acids is 2. The second kappa shape index (κ2) is 6.33. The van der Waals surface area contributed by atoms with Crippen molar-refractivity contribution in [3.05, 3.63) is 29.3 Å². The largest absolute Gasteiger partial charge is 0.395 e. The maximum atomic E-state index is 11.8. The third-order valence-electron chi connectivity index (χ3n) is 2.86. The van der Waals surface area contributed by atoms with E-state index in [0.29, 0.717) is 12.1 Å². The summed E-state index contributed by atoms with van der Waals surface area (Å²) in [5.74, 6) is 5.03. The van der Waals surface area contributed by atoms with E-state index >= 15 is 0 Å². The van der Waals surface area contributed by atoms with Crippen LogP contribution >= 0.6 is 0 Å². The summed E-state index contributed by atoms with van der Waals surface area (Å²) < 4.78 is 4.89. The van der Waals surface area contributed by atoms with Gasteiger partial charge in [0.05, 0.1) is 12.3 Å². The zero-order valence-corrected chi connectivity index (χ0v) is 11.2. The summed E-state index contributed by atoms with van der Waals surface area (Å²) in [6.45, 7) is 1.69. The number of hydrogen-bond acceptors (Lipinski definition) is 4. The molecule has 5 heteroatoms. The van der Waals surface area contributed by atoms with Crippen LogP contribution in [0.2, 0.25) is 0 Å². The normalized spacial score (nSPS) is 15.0. The number of imide groups is 1. The highest BCUT2D eigenvalue weighted by atomic mass is 16.5. The number of hydrogen-bond donors (Lipinski definition) is 1. The van der Waals surface area contributed by atoms with Crippen molar-refractivity contribution < 1.29 is 19.4 Å². The van der Waals surface area contributed by atoms with Gasteiger partial charge in [-0.25, -0.2) is 4.90 Å². The molecule has 1 heterocycles. The van der Waals surface area contributed by atoms with Gasteiger partial charge in [-0.3, -0.25) is 9.59 Å². The highest BCUT2D eigenvalue weighted by Crippen LogP contribution is 2.23. The highest BCUT2D eigenvalue weighted by Gasteiger charge is 2.29. The van der Waals surface area contributed by atoms with Crippen molar-refractivity contribution in [3.8, 4) is 11.8 Å². The lowest BCUT2D eigenvalue weighted by atomic mass is 10.1. The number of anilines is 1.